The summed E-state index contributed by atoms with van der Waals surface area (Å²) in [7, 11) is 0. The molecule has 0 radical (unpaired) electrons. The number of hydrogen-bond donors (Lipinski definition) is 1. The highest BCUT2D eigenvalue weighted by Gasteiger charge is 2.41. The Bertz CT molecular complexity index is 1500. The Balaban J connectivity index is 1.51. The maximum Gasteiger partial charge on any atom is 0.183 e. The predicted octanol–water partition coefficient (Wildman–Crippen LogP) is 4.87. The van der Waals surface area contributed by atoms with Crippen LogP contribution in [0.1, 0.15) is 17.6 Å². The lowest BCUT2D eigenvalue weighted by atomic mass is 10.0. The lowest BCUT2D eigenvalue weighted by Crippen LogP contribution is -2.39. The van der Waals surface area contributed by atoms with Crippen LogP contribution in [0.15, 0.2) is 102 Å². The molecule has 0 saturated heterocycles. The molecule has 6 heteroatoms. The van der Waals surface area contributed by atoms with E-state index < -0.39 is 0 Å². The first kappa shape index (κ1) is 17.3. The van der Waals surface area contributed by atoms with Gasteiger partial charge in [0.1, 0.15) is 0 Å². The molecule has 1 atom stereocenters. The van der Waals surface area contributed by atoms with E-state index in [0.29, 0.717) is 0 Å². The monoisotopic (exact) mass is 414 g/mol. The SMILES string of the molecule is c1ccc(C2=NNC3c4nnc(-c5ccccc5)n4-c4cc5ccccc5cc4N23)cc1. The van der Waals surface area contributed by atoms with Crippen molar-refractivity contribution in [2.75, 3.05) is 4.90 Å². The molecule has 5 aromatic rings. The van der Waals surface area contributed by atoms with E-state index >= 15 is 0 Å². The Kier molecular flexibility index (Phi) is 3.52. The van der Waals surface area contributed by atoms with Crippen LogP contribution in [0.5, 0.6) is 0 Å². The number of nitrogens with zero attached hydrogens (tertiary/aromatic N) is 5. The molecule has 2 aliphatic heterocycles. The van der Waals surface area contributed by atoms with Gasteiger partial charge in [0.15, 0.2) is 23.7 Å². The highest BCUT2D eigenvalue weighted by atomic mass is 15.6. The van der Waals surface area contributed by atoms with Crippen molar-refractivity contribution in [2.45, 2.75) is 6.17 Å². The first-order chi connectivity index (χ1) is 15.9. The molecule has 0 aliphatic carbocycles. The number of fused-ring (bicyclic) bond motifs is 7. The number of amidine groups is 1. The van der Waals surface area contributed by atoms with Crippen LogP contribution in [0.4, 0.5) is 5.69 Å². The van der Waals surface area contributed by atoms with E-state index in [4.69, 9.17) is 5.10 Å². The van der Waals surface area contributed by atoms with Crippen molar-refractivity contribution < 1.29 is 0 Å². The summed E-state index contributed by atoms with van der Waals surface area (Å²) in [5.41, 5.74) is 7.51. The fraction of sp³-hybridized carbons (Fsp3) is 0.0385. The van der Waals surface area contributed by atoms with E-state index in [9.17, 15) is 0 Å². The minimum absolute atomic E-state index is 0.233. The molecule has 0 spiro atoms. The zero-order valence-electron chi connectivity index (χ0n) is 17.1. The molecule has 2 aliphatic rings. The van der Waals surface area contributed by atoms with Gasteiger partial charge in [-0.2, -0.15) is 5.10 Å². The van der Waals surface area contributed by atoms with E-state index in [-0.39, 0.29) is 6.17 Å². The Labute approximate surface area is 184 Å². The minimum atomic E-state index is -0.233. The Morgan fingerprint density at radius 2 is 1.28 bits per heavy atom. The van der Waals surface area contributed by atoms with Gasteiger partial charge in [-0.3, -0.25) is 14.9 Å². The summed E-state index contributed by atoms with van der Waals surface area (Å²) in [5.74, 6) is 2.52. The van der Waals surface area contributed by atoms with Crippen LogP contribution < -0.4 is 10.3 Å². The minimum Gasteiger partial charge on any atom is -0.293 e. The van der Waals surface area contributed by atoms with Gasteiger partial charge >= 0.3 is 0 Å². The maximum absolute atomic E-state index is 4.72. The molecule has 1 unspecified atom stereocenters. The van der Waals surface area contributed by atoms with Gasteiger partial charge in [0, 0.05) is 11.1 Å². The van der Waals surface area contributed by atoms with Crippen molar-refractivity contribution in [1.82, 2.24) is 20.2 Å². The van der Waals surface area contributed by atoms with E-state index in [1.807, 2.05) is 36.4 Å². The fourth-order valence-corrected chi connectivity index (χ4v) is 4.65. The first-order valence-electron chi connectivity index (χ1n) is 10.6. The summed E-state index contributed by atoms with van der Waals surface area (Å²) in [5, 5.41) is 16.3. The quantitative estimate of drug-likeness (QED) is 0.448. The van der Waals surface area contributed by atoms with Gasteiger partial charge in [-0.05, 0) is 22.9 Å². The van der Waals surface area contributed by atoms with Gasteiger partial charge in [0.05, 0.1) is 11.4 Å². The molecule has 3 heterocycles. The van der Waals surface area contributed by atoms with Crippen LogP contribution in [0.25, 0.3) is 27.8 Å². The van der Waals surface area contributed by atoms with E-state index in [1.165, 1.54) is 10.8 Å². The van der Waals surface area contributed by atoms with Gasteiger partial charge in [0.2, 0.25) is 0 Å². The van der Waals surface area contributed by atoms with Crippen LogP contribution in [0, 0.1) is 0 Å². The number of benzene rings is 4. The zero-order chi connectivity index (χ0) is 21.1. The fourth-order valence-electron chi connectivity index (χ4n) is 4.65. The summed E-state index contributed by atoms with van der Waals surface area (Å²) >= 11 is 0. The molecule has 4 aromatic carbocycles. The van der Waals surface area contributed by atoms with Gasteiger partial charge in [-0.25, -0.2) is 0 Å². The number of rotatable bonds is 2. The molecular weight excluding hydrogens is 396 g/mol. The lowest BCUT2D eigenvalue weighted by Gasteiger charge is -2.34. The predicted molar refractivity (Wildman–Crippen MR) is 126 cm³/mol. The molecule has 1 N–H and O–H groups in total. The second-order valence-electron chi connectivity index (χ2n) is 7.97. The Morgan fingerprint density at radius 1 is 0.656 bits per heavy atom. The summed E-state index contributed by atoms with van der Waals surface area (Å²) < 4.78 is 2.16. The molecule has 0 bridgehead atoms. The summed E-state index contributed by atoms with van der Waals surface area (Å²) in [6.07, 6.45) is -0.233. The van der Waals surface area contributed by atoms with Crippen LogP contribution in [0.3, 0.4) is 0 Å². The Morgan fingerprint density at radius 3 is 2.00 bits per heavy atom. The van der Waals surface area contributed by atoms with E-state index in [2.05, 4.69) is 85.8 Å². The molecule has 1 aromatic heterocycles. The van der Waals surface area contributed by atoms with Crippen molar-refractivity contribution in [3.05, 3.63) is 108 Å². The zero-order valence-corrected chi connectivity index (χ0v) is 17.1. The van der Waals surface area contributed by atoms with E-state index in [0.717, 1.165) is 40.0 Å². The maximum atomic E-state index is 4.72. The highest BCUT2D eigenvalue weighted by molar-refractivity contribution is 6.13. The third kappa shape index (κ3) is 2.37. The topological polar surface area (TPSA) is 58.3 Å². The highest BCUT2D eigenvalue weighted by Crippen LogP contribution is 2.43. The largest absolute Gasteiger partial charge is 0.293 e. The third-order valence-corrected chi connectivity index (χ3v) is 6.12. The molecule has 0 fully saturated rings. The van der Waals surface area contributed by atoms with Gasteiger partial charge in [-0.15, -0.1) is 10.2 Å². The van der Waals surface area contributed by atoms with Crippen molar-refractivity contribution in [3.63, 3.8) is 0 Å². The van der Waals surface area contributed by atoms with E-state index in [1.54, 1.807) is 0 Å². The van der Waals surface area contributed by atoms with Crippen LogP contribution in [0.2, 0.25) is 0 Å². The standard InChI is InChI=1S/C26H18N6/c1-3-9-17(10-4-1)23-27-29-25-26-30-28-24(18-11-5-2-6-12-18)32(26)22-16-20-14-8-7-13-19(20)15-21(22)31(23)25/h1-16,25,29H. The number of hydrogen-bond acceptors (Lipinski definition) is 5. The average molecular weight is 414 g/mol. The Hall–Kier alpha value is -4.45. The van der Waals surface area contributed by atoms with Crippen LogP contribution >= 0.6 is 0 Å². The van der Waals surface area contributed by atoms with Crippen molar-refractivity contribution in [3.8, 4) is 17.1 Å². The number of hydrazone groups is 1. The molecule has 6 nitrogen and oxygen atoms in total. The molecule has 32 heavy (non-hydrogen) atoms. The van der Waals surface area contributed by atoms with Crippen molar-refractivity contribution in [2.24, 2.45) is 5.10 Å². The van der Waals surface area contributed by atoms with Crippen molar-refractivity contribution in [1.29, 1.82) is 0 Å². The van der Waals surface area contributed by atoms with Crippen molar-refractivity contribution >= 4 is 22.3 Å². The molecule has 0 amide bonds. The summed E-state index contributed by atoms with van der Waals surface area (Å²) in [6.45, 7) is 0. The third-order valence-electron chi connectivity index (χ3n) is 6.12. The molecule has 7 rings (SSSR count). The van der Waals surface area contributed by atoms with Gasteiger partial charge in [0.25, 0.3) is 0 Å². The number of nitrogens with one attached hydrogen (secondary N) is 1. The first-order valence-corrected chi connectivity index (χ1v) is 10.6. The molecule has 0 saturated carbocycles. The molecular formula is C26H18N6. The lowest BCUT2D eigenvalue weighted by molar-refractivity contribution is 0.558. The van der Waals surface area contributed by atoms with Gasteiger partial charge < -0.3 is 0 Å². The second kappa shape index (κ2) is 6.52. The molecule has 152 valence electrons. The average Bonchev–Trinajstić information content (AvgIpc) is 3.49. The normalized spacial score (nSPS) is 16.2. The van der Waals surface area contributed by atoms with Crippen LogP contribution in [-0.4, -0.2) is 20.6 Å². The smallest absolute Gasteiger partial charge is 0.183 e. The summed E-state index contributed by atoms with van der Waals surface area (Å²) in [6, 6.07) is 33.3. The van der Waals surface area contributed by atoms with Gasteiger partial charge in [-0.1, -0.05) is 84.9 Å². The number of aromatic nitrogens is 3. The summed E-state index contributed by atoms with van der Waals surface area (Å²) in [4.78, 5) is 2.23. The van der Waals surface area contributed by atoms with Crippen LogP contribution in [-0.2, 0) is 0 Å². The number of anilines is 1. The second-order valence-corrected chi connectivity index (χ2v) is 7.97.